The van der Waals surface area contributed by atoms with Gasteiger partial charge in [-0.15, -0.1) is 0 Å². The van der Waals surface area contributed by atoms with E-state index in [4.69, 9.17) is 14.2 Å². The van der Waals surface area contributed by atoms with Gasteiger partial charge in [0.1, 0.15) is 11.5 Å². The summed E-state index contributed by atoms with van der Waals surface area (Å²) in [5.74, 6) is 0.386. The Kier molecular flexibility index (Phi) is 6.61. The van der Waals surface area contributed by atoms with Crippen LogP contribution >= 0.6 is 15.9 Å². The maximum Gasteiger partial charge on any atom is 0.231 e. The van der Waals surface area contributed by atoms with Crippen LogP contribution in [0, 0.1) is 0 Å². The monoisotopic (exact) mass is 466 g/mol. The lowest BCUT2D eigenvalue weighted by atomic mass is 9.79. The van der Waals surface area contributed by atoms with Crippen LogP contribution in [0.3, 0.4) is 0 Å². The minimum absolute atomic E-state index is 0.0210. The Balaban J connectivity index is 1.49. The first-order valence-electron chi connectivity index (χ1n) is 10.7. The van der Waals surface area contributed by atoms with Crippen LogP contribution in [0.1, 0.15) is 44.1 Å². The molecule has 7 heteroatoms. The highest BCUT2D eigenvalue weighted by molar-refractivity contribution is 9.10. The zero-order chi connectivity index (χ0) is 20.3. The van der Waals surface area contributed by atoms with Crippen molar-refractivity contribution in [3.63, 3.8) is 0 Å². The first-order chi connectivity index (χ1) is 14.0. The average Bonchev–Trinajstić information content (AvgIpc) is 3.41. The number of rotatable bonds is 7. The summed E-state index contributed by atoms with van der Waals surface area (Å²) in [6.07, 6.45) is 6.30. The van der Waals surface area contributed by atoms with E-state index in [0.29, 0.717) is 38.3 Å². The minimum atomic E-state index is -0.817. The third kappa shape index (κ3) is 4.69. The van der Waals surface area contributed by atoms with E-state index < -0.39 is 5.91 Å². The number of ether oxygens (including phenoxy) is 3. The number of halogens is 1. The van der Waals surface area contributed by atoms with Gasteiger partial charge in [-0.1, -0.05) is 6.07 Å². The first-order valence-corrected chi connectivity index (χ1v) is 11.5. The molecule has 0 atom stereocenters. The highest BCUT2D eigenvalue weighted by atomic mass is 79.9. The molecule has 3 aliphatic rings. The molecule has 1 aromatic carbocycles. The van der Waals surface area contributed by atoms with Crippen LogP contribution in [0.4, 0.5) is 0 Å². The van der Waals surface area contributed by atoms with Crippen LogP contribution in [-0.4, -0.2) is 62.1 Å². The number of likely N-dealkylation sites (tertiary alicyclic amines) is 1. The van der Waals surface area contributed by atoms with Crippen molar-refractivity contribution < 1.29 is 19.0 Å². The van der Waals surface area contributed by atoms with Gasteiger partial charge in [-0.3, -0.25) is 15.0 Å². The second kappa shape index (κ2) is 9.02. The Labute approximate surface area is 181 Å². The summed E-state index contributed by atoms with van der Waals surface area (Å²) in [6, 6.07) is 6.07. The molecule has 0 unspecified atom stereocenters. The topological polar surface area (TPSA) is 60.0 Å². The average molecular weight is 467 g/mol. The Bertz CT molecular complexity index is 720. The molecule has 1 saturated carbocycles. The normalized spacial score (nSPS) is 24.1. The van der Waals surface area contributed by atoms with Crippen LogP contribution in [0.2, 0.25) is 0 Å². The second-order valence-corrected chi connectivity index (χ2v) is 9.26. The molecule has 0 bridgehead atoms. The fourth-order valence-electron chi connectivity index (χ4n) is 4.90. The highest BCUT2D eigenvalue weighted by Crippen LogP contribution is 2.36. The number of nitrogens with zero attached hydrogens (tertiary/aromatic N) is 1. The van der Waals surface area contributed by atoms with E-state index in [1.807, 2.05) is 12.1 Å². The lowest BCUT2D eigenvalue weighted by Crippen LogP contribution is -2.61. The third-order valence-electron chi connectivity index (χ3n) is 6.61. The fourth-order valence-corrected chi connectivity index (χ4v) is 5.49. The molecule has 2 saturated heterocycles. The highest BCUT2D eigenvalue weighted by Gasteiger charge is 2.44. The fraction of sp³-hybridized carbons (Fsp3) is 0.682. The molecule has 160 valence electrons. The van der Waals surface area contributed by atoms with Gasteiger partial charge in [0.05, 0.1) is 24.8 Å². The van der Waals surface area contributed by atoms with E-state index in [1.54, 1.807) is 7.11 Å². The van der Waals surface area contributed by atoms with Gasteiger partial charge in [-0.25, -0.2) is 0 Å². The Morgan fingerprint density at radius 1 is 1.17 bits per heavy atom. The maximum absolute atomic E-state index is 11.9. The van der Waals surface area contributed by atoms with Crippen molar-refractivity contribution in [2.45, 2.75) is 56.4 Å². The Morgan fingerprint density at radius 3 is 2.48 bits per heavy atom. The number of carbonyl (C=O) groups is 1. The van der Waals surface area contributed by atoms with Gasteiger partial charge in [0.2, 0.25) is 5.91 Å². The van der Waals surface area contributed by atoms with E-state index in [1.165, 1.54) is 12.8 Å². The predicted octanol–water partition coefficient (Wildman–Crippen LogP) is 3.27. The van der Waals surface area contributed by atoms with E-state index in [2.05, 4.69) is 32.2 Å². The predicted molar refractivity (Wildman–Crippen MR) is 114 cm³/mol. The molecular weight excluding hydrogens is 436 g/mol. The number of hydrogen-bond donors (Lipinski definition) is 1. The molecule has 1 aliphatic carbocycles. The van der Waals surface area contributed by atoms with Crippen molar-refractivity contribution in [2.75, 3.05) is 40.0 Å². The van der Waals surface area contributed by atoms with Gasteiger partial charge in [0, 0.05) is 31.3 Å². The summed E-state index contributed by atoms with van der Waals surface area (Å²) in [6.45, 7) is 4.18. The van der Waals surface area contributed by atoms with Crippen LogP contribution in [0.15, 0.2) is 22.7 Å². The lowest BCUT2D eigenvalue weighted by Gasteiger charge is -2.46. The molecule has 4 rings (SSSR count). The van der Waals surface area contributed by atoms with E-state index >= 15 is 0 Å². The molecule has 0 spiro atoms. The standard InChI is InChI=1S/C22H31BrN2O4/c1-27-20-5-4-17(14-19(20)23)15-22(28-12-13-29-22)24-16-21(25-10-2-3-11-25)8-6-18(26)7-9-21/h4-5,14,24H,2-3,6-13,15-16H2,1H3. The molecule has 3 fully saturated rings. The van der Waals surface area contributed by atoms with Crippen molar-refractivity contribution >= 4 is 21.7 Å². The quantitative estimate of drug-likeness (QED) is 0.665. The number of methoxy groups -OCH3 is 1. The summed E-state index contributed by atoms with van der Waals surface area (Å²) in [7, 11) is 1.67. The van der Waals surface area contributed by atoms with Crippen LogP contribution < -0.4 is 10.1 Å². The van der Waals surface area contributed by atoms with E-state index in [-0.39, 0.29) is 5.54 Å². The summed E-state index contributed by atoms with van der Waals surface area (Å²) >= 11 is 3.57. The van der Waals surface area contributed by atoms with Gasteiger partial charge >= 0.3 is 0 Å². The number of benzene rings is 1. The van der Waals surface area contributed by atoms with E-state index in [9.17, 15) is 4.79 Å². The molecule has 0 amide bonds. The largest absolute Gasteiger partial charge is 0.496 e. The number of carbonyl (C=O) groups excluding carboxylic acids is 1. The maximum atomic E-state index is 11.9. The Morgan fingerprint density at radius 2 is 1.86 bits per heavy atom. The number of ketones is 1. The summed E-state index contributed by atoms with van der Waals surface area (Å²) in [5.41, 5.74) is 1.13. The van der Waals surface area contributed by atoms with Gasteiger partial charge in [0.25, 0.3) is 0 Å². The van der Waals surface area contributed by atoms with Gasteiger partial charge in [-0.2, -0.15) is 0 Å². The Hall–Kier alpha value is -0.990. The van der Waals surface area contributed by atoms with Crippen molar-refractivity contribution in [1.82, 2.24) is 10.2 Å². The minimum Gasteiger partial charge on any atom is -0.496 e. The zero-order valence-corrected chi connectivity index (χ0v) is 18.8. The summed E-state index contributed by atoms with van der Waals surface area (Å²) in [5, 5.41) is 3.65. The SMILES string of the molecule is COc1ccc(CC2(NCC3(N4CCCC4)CCC(=O)CC3)OCCO2)cc1Br. The molecule has 0 aromatic heterocycles. The molecule has 0 radical (unpaired) electrons. The van der Waals surface area contributed by atoms with Gasteiger partial charge in [-0.05, 0) is 72.4 Å². The van der Waals surface area contributed by atoms with Crippen molar-refractivity contribution in [1.29, 1.82) is 0 Å². The van der Waals surface area contributed by atoms with Crippen LogP contribution in [0.5, 0.6) is 5.75 Å². The molecule has 2 aliphatic heterocycles. The smallest absolute Gasteiger partial charge is 0.231 e. The summed E-state index contributed by atoms with van der Waals surface area (Å²) in [4.78, 5) is 14.5. The lowest BCUT2D eigenvalue weighted by molar-refractivity contribution is -0.185. The molecule has 1 aromatic rings. The van der Waals surface area contributed by atoms with Crippen molar-refractivity contribution in [2.24, 2.45) is 0 Å². The van der Waals surface area contributed by atoms with Crippen LogP contribution in [0.25, 0.3) is 0 Å². The van der Waals surface area contributed by atoms with E-state index in [0.717, 1.165) is 48.3 Å². The van der Waals surface area contributed by atoms with Gasteiger partial charge < -0.3 is 14.2 Å². The second-order valence-electron chi connectivity index (χ2n) is 8.41. The molecule has 2 heterocycles. The molecular formula is C22H31BrN2O4. The van der Waals surface area contributed by atoms with Crippen molar-refractivity contribution in [3.05, 3.63) is 28.2 Å². The first kappa shape index (κ1) is 21.2. The summed E-state index contributed by atoms with van der Waals surface area (Å²) < 4.78 is 18.5. The van der Waals surface area contributed by atoms with Crippen molar-refractivity contribution in [3.8, 4) is 5.75 Å². The molecule has 6 nitrogen and oxygen atoms in total. The number of hydrogen-bond acceptors (Lipinski definition) is 6. The van der Waals surface area contributed by atoms with Crippen LogP contribution in [-0.2, 0) is 20.7 Å². The molecule has 29 heavy (non-hydrogen) atoms. The third-order valence-corrected chi connectivity index (χ3v) is 7.23. The number of Topliss-reactive ketones (excluding diaryl/α,β-unsaturated/α-hetero) is 1. The van der Waals surface area contributed by atoms with Gasteiger partial charge in [0.15, 0.2) is 0 Å². The number of nitrogens with one attached hydrogen (secondary N) is 1. The molecule has 1 N–H and O–H groups in total. The zero-order valence-electron chi connectivity index (χ0n) is 17.2.